The molecule has 6 nitrogen and oxygen atoms in total. The van der Waals surface area contributed by atoms with Crippen molar-refractivity contribution in [2.75, 3.05) is 31.1 Å². The molecule has 1 atom stereocenters. The number of amides is 2. The Balaban J connectivity index is 1.65. The van der Waals surface area contributed by atoms with Crippen molar-refractivity contribution >= 4 is 15.9 Å². The molecule has 2 heterocycles. The summed E-state index contributed by atoms with van der Waals surface area (Å²) in [6, 6.07) is 0.0600. The van der Waals surface area contributed by atoms with Crippen LogP contribution in [0.25, 0.3) is 0 Å². The first kappa shape index (κ1) is 13.6. The molecule has 0 radical (unpaired) electrons. The van der Waals surface area contributed by atoms with Crippen LogP contribution in [0.3, 0.4) is 0 Å². The zero-order valence-electron chi connectivity index (χ0n) is 10.4. The average molecular weight is 275 g/mol. The van der Waals surface area contributed by atoms with Gasteiger partial charge in [-0.25, -0.2) is 13.2 Å². The number of hydrogen-bond acceptors (Lipinski definition) is 4. The maximum atomic E-state index is 11.6. The van der Waals surface area contributed by atoms with Crippen LogP contribution < -0.4 is 16.0 Å². The summed E-state index contributed by atoms with van der Waals surface area (Å²) in [6.45, 7) is 2.33. The van der Waals surface area contributed by atoms with Gasteiger partial charge in [-0.1, -0.05) is 0 Å². The van der Waals surface area contributed by atoms with Gasteiger partial charge in [0, 0.05) is 12.6 Å². The third kappa shape index (κ3) is 4.13. The normalized spacial score (nSPS) is 27.9. The molecule has 7 heteroatoms. The van der Waals surface area contributed by atoms with E-state index in [1.54, 1.807) is 0 Å². The minimum absolute atomic E-state index is 0.0776. The fourth-order valence-electron chi connectivity index (χ4n) is 2.47. The van der Waals surface area contributed by atoms with Crippen LogP contribution in [-0.4, -0.2) is 51.6 Å². The zero-order valence-corrected chi connectivity index (χ0v) is 11.3. The molecule has 0 spiro atoms. The number of rotatable bonds is 3. The van der Waals surface area contributed by atoms with E-state index >= 15 is 0 Å². The van der Waals surface area contributed by atoms with Gasteiger partial charge in [-0.05, 0) is 38.3 Å². The second-order valence-electron chi connectivity index (χ2n) is 5.15. The van der Waals surface area contributed by atoms with Gasteiger partial charge in [0.1, 0.15) is 0 Å². The van der Waals surface area contributed by atoms with Crippen LogP contribution in [0.15, 0.2) is 0 Å². The molecular weight excluding hydrogens is 254 g/mol. The molecule has 2 fully saturated rings. The van der Waals surface area contributed by atoms with E-state index in [9.17, 15) is 13.2 Å². The maximum Gasteiger partial charge on any atom is 0.315 e. The molecule has 0 aromatic carbocycles. The fraction of sp³-hybridized carbons (Fsp3) is 0.909. The molecule has 2 rings (SSSR count). The van der Waals surface area contributed by atoms with Gasteiger partial charge >= 0.3 is 6.03 Å². The summed E-state index contributed by atoms with van der Waals surface area (Å²) < 4.78 is 22.5. The van der Waals surface area contributed by atoms with E-state index in [-0.39, 0.29) is 29.5 Å². The molecular formula is C11H21N3O3S. The van der Waals surface area contributed by atoms with Crippen LogP contribution in [0.2, 0.25) is 0 Å². The van der Waals surface area contributed by atoms with Crippen LogP contribution in [0.1, 0.15) is 19.3 Å². The molecule has 1 unspecified atom stereocenters. The number of sulfone groups is 1. The van der Waals surface area contributed by atoms with E-state index in [1.165, 1.54) is 0 Å². The summed E-state index contributed by atoms with van der Waals surface area (Å²) in [6.07, 6.45) is 2.56. The van der Waals surface area contributed by atoms with Crippen LogP contribution >= 0.6 is 0 Å². The Morgan fingerprint density at radius 2 is 1.94 bits per heavy atom. The Kier molecular flexibility index (Phi) is 4.45. The number of hydrogen-bond donors (Lipinski definition) is 3. The molecule has 3 N–H and O–H groups in total. The second-order valence-corrected chi connectivity index (χ2v) is 7.38. The Bertz CT molecular complexity index is 390. The lowest BCUT2D eigenvalue weighted by Gasteiger charge is -2.24. The van der Waals surface area contributed by atoms with E-state index in [2.05, 4.69) is 16.0 Å². The molecule has 2 aliphatic heterocycles. The van der Waals surface area contributed by atoms with Crippen molar-refractivity contribution in [2.45, 2.75) is 25.3 Å². The Morgan fingerprint density at radius 1 is 1.22 bits per heavy atom. The van der Waals surface area contributed by atoms with Crippen LogP contribution in [0.4, 0.5) is 4.79 Å². The first-order valence-corrected chi connectivity index (χ1v) is 8.33. The smallest absolute Gasteiger partial charge is 0.315 e. The van der Waals surface area contributed by atoms with Crippen molar-refractivity contribution in [3.05, 3.63) is 0 Å². The van der Waals surface area contributed by atoms with Crippen molar-refractivity contribution in [2.24, 2.45) is 5.92 Å². The third-order valence-corrected chi connectivity index (χ3v) is 5.39. The predicted octanol–water partition coefficient (Wildman–Crippen LogP) is -0.528. The minimum Gasteiger partial charge on any atom is -0.338 e. The predicted molar refractivity (Wildman–Crippen MR) is 69.2 cm³/mol. The van der Waals surface area contributed by atoms with Crippen molar-refractivity contribution < 1.29 is 13.2 Å². The highest BCUT2D eigenvalue weighted by molar-refractivity contribution is 7.91. The number of carbonyl (C=O) groups is 1. The summed E-state index contributed by atoms with van der Waals surface area (Å²) in [4.78, 5) is 11.6. The topological polar surface area (TPSA) is 87.3 Å². The van der Waals surface area contributed by atoms with E-state index in [0.717, 1.165) is 25.9 Å². The van der Waals surface area contributed by atoms with Crippen molar-refractivity contribution in [3.63, 3.8) is 0 Å². The Morgan fingerprint density at radius 3 is 2.56 bits per heavy atom. The molecule has 2 saturated heterocycles. The molecule has 0 aromatic rings. The molecule has 104 valence electrons. The average Bonchev–Trinajstić information content (AvgIpc) is 2.68. The van der Waals surface area contributed by atoms with E-state index in [4.69, 9.17) is 0 Å². The van der Waals surface area contributed by atoms with E-state index in [1.807, 2.05) is 0 Å². The molecule has 0 bridgehead atoms. The molecule has 0 aromatic heterocycles. The zero-order chi connectivity index (χ0) is 13.0. The second kappa shape index (κ2) is 5.88. The van der Waals surface area contributed by atoms with Gasteiger partial charge < -0.3 is 16.0 Å². The molecule has 18 heavy (non-hydrogen) atoms. The lowest BCUT2D eigenvalue weighted by Crippen LogP contribution is -2.47. The molecule has 0 aliphatic carbocycles. The summed E-state index contributed by atoms with van der Waals surface area (Å²) in [5, 5.41) is 8.93. The minimum atomic E-state index is -2.85. The van der Waals surface area contributed by atoms with Gasteiger partial charge in [0.05, 0.1) is 11.5 Å². The van der Waals surface area contributed by atoms with Crippen molar-refractivity contribution in [1.29, 1.82) is 0 Å². The summed E-state index contributed by atoms with van der Waals surface area (Å²) in [7, 11) is -2.85. The number of urea groups is 1. The number of piperidine rings is 1. The lowest BCUT2D eigenvalue weighted by molar-refractivity contribution is 0.232. The van der Waals surface area contributed by atoms with E-state index in [0.29, 0.717) is 13.0 Å². The van der Waals surface area contributed by atoms with E-state index < -0.39 is 9.84 Å². The van der Waals surface area contributed by atoms with Crippen LogP contribution in [0, 0.1) is 5.92 Å². The number of nitrogens with one attached hydrogen (secondary N) is 3. The molecule has 0 saturated carbocycles. The largest absolute Gasteiger partial charge is 0.338 e. The lowest BCUT2D eigenvalue weighted by atomic mass is 10.1. The SMILES string of the molecule is O=C(NCC1CCS(=O)(=O)C1)NC1CCNCC1. The first-order valence-electron chi connectivity index (χ1n) is 6.51. The van der Waals surface area contributed by atoms with Crippen LogP contribution in [-0.2, 0) is 9.84 Å². The molecule has 2 aliphatic rings. The summed E-state index contributed by atoms with van der Waals surface area (Å²) in [5.74, 6) is 0.546. The van der Waals surface area contributed by atoms with Gasteiger partial charge in [0.25, 0.3) is 0 Å². The van der Waals surface area contributed by atoms with Gasteiger partial charge in [0.2, 0.25) is 0 Å². The Hall–Kier alpha value is -0.820. The third-order valence-electron chi connectivity index (χ3n) is 3.55. The highest BCUT2D eigenvalue weighted by Crippen LogP contribution is 2.17. The standard InChI is InChI=1S/C11H21N3O3S/c15-11(14-10-1-4-12-5-2-10)13-7-9-3-6-18(16,17)8-9/h9-10,12H,1-8H2,(H2,13,14,15). The highest BCUT2D eigenvalue weighted by Gasteiger charge is 2.28. The van der Waals surface area contributed by atoms with Crippen LogP contribution in [0.5, 0.6) is 0 Å². The summed E-state index contributed by atoms with van der Waals surface area (Å²) >= 11 is 0. The quantitative estimate of drug-likeness (QED) is 0.646. The van der Waals surface area contributed by atoms with Gasteiger partial charge in [-0.3, -0.25) is 0 Å². The van der Waals surface area contributed by atoms with Gasteiger partial charge in [-0.2, -0.15) is 0 Å². The molecule has 2 amide bonds. The highest BCUT2D eigenvalue weighted by atomic mass is 32.2. The maximum absolute atomic E-state index is 11.6. The fourth-order valence-corrected chi connectivity index (χ4v) is 4.33. The Labute approximate surface area is 108 Å². The first-order chi connectivity index (χ1) is 8.55. The van der Waals surface area contributed by atoms with Crippen molar-refractivity contribution in [1.82, 2.24) is 16.0 Å². The monoisotopic (exact) mass is 275 g/mol. The number of carbonyl (C=O) groups excluding carboxylic acids is 1. The van der Waals surface area contributed by atoms with Gasteiger partial charge in [-0.15, -0.1) is 0 Å². The van der Waals surface area contributed by atoms with Crippen molar-refractivity contribution in [3.8, 4) is 0 Å². The van der Waals surface area contributed by atoms with Gasteiger partial charge in [0.15, 0.2) is 9.84 Å². The summed E-state index contributed by atoms with van der Waals surface area (Å²) in [5.41, 5.74) is 0.